The van der Waals surface area contributed by atoms with E-state index in [1.54, 1.807) is 25.1 Å². The lowest BCUT2D eigenvalue weighted by atomic mass is 10.1. The molecule has 4 heteroatoms. The van der Waals surface area contributed by atoms with Crippen LogP contribution in [0.5, 0.6) is 0 Å². The number of benzene rings is 1. The lowest BCUT2D eigenvalue weighted by Crippen LogP contribution is -2.24. The molecule has 1 aromatic rings. The first kappa shape index (κ1) is 13.0. The highest BCUT2D eigenvalue weighted by atomic mass is 16.2. The molecule has 0 aliphatic rings. The first-order valence-electron chi connectivity index (χ1n) is 5.50. The summed E-state index contributed by atoms with van der Waals surface area (Å²) < 4.78 is 0. The van der Waals surface area contributed by atoms with Gasteiger partial charge in [0.25, 0.3) is 0 Å². The third kappa shape index (κ3) is 3.49. The molecule has 4 nitrogen and oxygen atoms in total. The molecule has 0 radical (unpaired) electrons. The molecule has 1 N–H and O–H groups in total. The molecular formula is C13H17N3O. The highest BCUT2D eigenvalue weighted by molar-refractivity contribution is 5.76. The van der Waals surface area contributed by atoms with Gasteiger partial charge in [0.15, 0.2) is 0 Å². The Kier molecular flexibility index (Phi) is 4.53. The van der Waals surface area contributed by atoms with E-state index in [1.165, 1.54) is 0 Å². The van der Waals surface area contributed by atoms with Crippen molar-refractivity contribution in [1.82, 2.24) is 4.90 Å². The van der Waals surface area contributed by atoms with Gasteiger partial charge in [0, 0.05) is 27.1 Å². The summed E-state index contributed by atoms with van der Waals surface area (Å²) in [5.74, 6) is 0.0737. The number of amides is 1. The Morgan fingerprint density at radius 3 is 2.76 bits per heavy atom. The normalized spacial score (nSPS) is 9.53. The van der Waals surface area contributed by atoms with Crippen LogP contribution in [0.15, 0.2) is 18.2 Å². The second-order valence-corrected chi connectivity index (χ2v) is 4.07. The molecule has 0 bridgehead atoms. The maximum Gasteiger partial charge on any atom is 0.223 e. The molecule has 0 saturated heterocycles. The van der Waals surface area contributed by atoms with E-state index < -0.39 is 0 Å². The fourth-order valence-electron chi connectivity index (χ4n) is 1.51. The van der Waals surface area contributed by atoms with E-state index >= 15 is 0 Å². The summed E-state index contributed by atoms with van der Waals surface area (Å²) in [6.07, 6.45) is 0.423. The van der Waals surface area contributed by atoms with Crippen molar-refractivity contribution >= 4 is 11.6 Å². The van der Waals surface area contributed by atoms with Gasteiger partial charge in [-0.05, 0) is 18.6 Å². The third-order valence-corrected chi connectivity index (χ3v) is 2.53. The summed E-state index contributed by atoms with van der Waals surface area (Å²) in [7, 11) is 3.47. The number of nitrogens with one attached hydrogen (secondary N) is 1. The van der Waals surface area contributed by atoms with Gasteiger partial charge in [-0.2, -0.15) is 5.26 Å². The van der Waals surface area contributed by atoms with E-state index in [1.807, 2.05) is 19.1 Å². The number of carbonyl (C=O) groups excluding carboxylic acids is 1. The minimum Gasteiger partial charge on any atom is -0.383 e. The quantitative estimate of drug-likeness (QED) is 0.859. The Morgan fingerprint density at radius 2 is 2.18 bits per heavy atom. The number of hydrogen-bond acceptors (Lipinski definition) is 3. The third-order valence-electron chi connectivity index (χ3n) is 2.53. The SMILES string of the molecule is Cc1cccc(C#N)c1NCCC(=O)N(C)C. The zero-order valence-corrected chi connectivity index (χ0v) is 10.4. The van der Waals surface area contributed by atoms with Crippen LogP contribution >= 0.6 is 0 Å². The van der Waals surface area contributed by atoms with Crippen LogP contribution in [0, 0.1) is 18.3 Å². The highest BCUT2D eigenvalue weighted by Crippen LogP contribution is 2.19. The second kappa shape index (κ2) is 5.90. The molecular weight excluding hydrogens is 214 g/mol. The van der Waals surface area contributed by atoms with Crippen molar-refractivity contribution in [2.24, 2.45) is 0 Å². The van der Waals surface area contributed by atoms with Crippen molar-refractivity contribution in [1.29, 1.82) is 5.26 Å². The van der Waals surface area contributed by atoms with Gasteiger partial charge in [-0.15, -0.1) is 0 Å². The highest BCUT2D eigenvalue weighted by Gasteiger charge is 2.06. The molecule has 90 valence electrons. The number of hydrogen-bond donors (Lipinski definition) is 1. The number of anilines is 1. The fourth-order valence-corrected chi connectivity index (χ4v) is 1.51. The number of nitriles is 1. The topological polar surface area (TPSA) is 56.1 Å². The summed E-state index contributed by atoms with van der Waals surface area (Å²) in [4.78, 5) is 13.0. The van der Waals surface area contributed by atoms with Gasteiger partial charge in [-0.1, -0.05) is 12.1 Å². The van der Waals surface area contributed by atoms with Gasteiger partial charge in [-0.25, -0.2) is 0 Å². The Morgan fingerprint density at radius 1 is 1.47 bits per heavy atom. The molecule has 0 aromatic heterocycles. The van der Waals surface area contributed by atoms with E-state index in [9.17, 15) is 4.79 Å². The van der Waals surface area contributed by atoms with E-state index in [-0.39, 0.29) is 5.91 Å². The molecule has 0 heterocycles. The van der Waals surface area contributed by atoms with Crippen LogP contribution in [0.4, 0.5) is 5.69 Å². The maximum atomic E-state index is 11.4. The largest absolute Gasteiger partial charge is 0.383 e. The molecule has 0 atom stereocenters. The molecule has 0 aliphatic carbocycles. The van der Waals surface area contributed by atoms with E-state index in [0.717, 1.165) is 11.3 Å². The maximum absolute atomic E-state index is 11.4. The predicted molar refractivity (Wildman–Crippen MR) is 67.7 cm³/mol. The Balaban J connectivity index is 2.64. The standard InChI is InChI=1S/C13H17N3O/c1-10-5-4-6-11(9-14)13(10)15-8-7-12(17)16(2)3/h4-6,15H,7-8H2,1-3H3. The van der Waals surface area contributed by atoms with Crippen LogP contribution in [-0.2, 0) is 4.79 Å². The van der Waals surface area contributed by atoms with Gasteiger partial charge in [0.2, 0.25) is 5.91 Å². The van der Waals surface area contributed by atoms with Crippen molar-refractivity contribution in [3.63, 3.8) is 0 Å². The first-order chi connectivity index (χ1) is 8.06. The van der Waals surface area contributed by atoms with Gasteiger partial charge in [0.05, 0.1) is 11.3 Å². The van der Waals surface area contributed by atoms with Crippen LogP contribution in [-0.4, -0.2) is 31.4 Å². The van der Waals surface area contributed by atoms with Gasteiger partial charge >= 0.3 is 0 Å². The molecule has 1 rings (SSSR count). The second-order valence-electron chi connectivity index (χ2n) is 4.07. The van der Waals surface area contributed by atoms with Crippen LogP contribution in [0.25, 0.3) is 0 Å². The molecule has 1 aromatic carbocycles. The number of carbonyl (C=O) groups is 1. The number of para-hydroxylation sites is 1. The minimum atomic E-state index is 0.0737. The van der Waals surface area contributed by atoms with Crippen LogP contribution < -0.4 is 5.32 Å². The lowest BCUT2D eigenvalue weighted by molar-refractivity contribution is -0.128. The van der Waals surface area contributed by atoms with Crippen molar-refractivity contribution < 1.29 is 4.79 Å². The van der Waals surface area contributed by atoms with Crippen molar-refractivity contribution in [2.45, 2.75) is 13.3 Å². The smallest absolute Gasteiger partial charge is 0.223 e. The van der Waals surface area contributed by atoms with Gasteiger partial charge < -0.3 is 10.2 Å². The number of rotatable bonds is 4. The molecule has 0 unspecified atom stereocenters. The fraction of sp³-hybridized carbons (Fsp3) is 0.385. The van der Waals surface area contributed by atoms with E-state index in [2.05, 4.69) is 11.4 Å². The van der Waals surface area contributed by atoms with Crippen LogP contribution in [0.1, 0.15) is 17.5 Å². The summed E-state index contributed by atoms with van der Waals surface area (Å²) in [5.41, 5.74) is 2.45. The summed E-state index contributed by atoms with van der Waals surface area (Å²) in [5, 5.41) is 12.1. The zero-order valence-electron chi connectivity index (χ0n) is 10.4. The van der Waals surface area contributed by atoms with Crippen LogP contribution in [0.2, 0.25) is 0 Å². The first-order valence-corrected chi connectivity index (χ1v) is 5.50. The Hall–Kier alpha value is -2.02. The number of aryl methyl sites for hydroxylation is 1. The Labute approximate surface area is 102 Å². The molecule has 17 heavy (non-hydrogen) atoms. The van der Waals surface area contributed by atoms with Gasteiger partial charge in [0.1, 0.15) is 6.07 Å². The molecule has 0 fully saturated rings. The molecule has 0 spiro atoms. The minimum absolute atomic E-state index is 0.0737. The molecule has 0 aliphatic heterocycles. The summed E-state index contributed by atoms with van der Waals surface area (Å²) >= 11 is 0. The monoisotopic (exact) mass is 231 g/mol. The molecule has 0 saturated carbocycles. The summed E-state index contributed by atoms with van der Waals surface area (Å²) in [6.45, 7) is 2.48. The lowest BCUT2D eigenvalue weighted by Gasteiger charge is -2.13. The predicted octanol–water partition coefficient (Wildman–Crippen LogP) is 1.76. The number of nitrogens with zero attached hydrogens (tertiary/aromatic N) is 2. The van der Waals surface area contributed by atoms with Crippen molar-refractivity contribution in [2.75, 3.05) is 26.0 Å². The van der Waals surface area contributed by atoms with E-state index in [4.69, 9.17) is 5.26 Å². The summed E-state index contributed by atoms with van der Waals surface area (Å²) in [6, 6.07) is 7.70. The van der Waals surface area contributed by atoms with E-state index in [0.29, 0.717) is 18.5 Å². The van der Waals surface area contributed by atoms with Crippen molar-refractivity contribution in [3.05, 3.63) is 29.3 Å². The van der Waals surface area contributed by atoms with Crippen LogP contribution in [0.3, 0.4) is 0 Å². The Bertz CT molecular complexity index is 446. The van der Waals surface area contributed by atoms with Gasteiger partial charge in [-0.3, -0.25) is 4.79 Å². The molecule has 1 amide bonds. The zero-order chi connectivity index (χ0) is 12.8. The van der Waals surface area contributed by atoms with Crippen molar-refractivity contribution in [3.8, 4) is 6.07 Å². The average Bonchev–Trinajstić information content (AvgIpc) is 2.30. The average molecular weight is 231 g/mol.